The third-order valence-corrected chi connectivity index (χ3v) is 3.07. The highest BCUT2D eigenvalue weighted by molar-refractivity contribution is 5.79. The van der Waals surface area contributed by atoms with Gasteiger partial charge in [-0.25, -0.2) is 0 Å². The summed E-state index contributed by atoms with van der Waals surface area (Å²) in [6, 6.07) is 0. The van der Waals surface area contributed by atoms with Gasteiger partial charge in [-0.1, -0.05) is 6.92 Å². The van der Waals surface area contributed by atoms with Crippen LogP contribution in [0.15, 0.2) is 0 Å². The summed E-state index contributed by atoms with van der Waals surface area (Å²) in [5.41, 5.74) is 5.35. The van der Waals surface area contributed by atoms with Crippen molar-refractivity contribution in [2.75, 3.05) is 19.8 Å². The second kappa shape index (κ2) is 5.47. The Balaban J connectivity index is 2.41. The van der Waals surface area contributed by atoms with E-state index in [0.717, 1.165) is 32.5 Å². The zero-order valence-corrected chi connectivity index (χ0v) is 9.71. The summed E-state index contributed by atoms with van der Waals surface area (Å²) in [4.78, 5) is 11.8. The predicted octanol–water partition coefficient (Wildman–Crippen LogP) is 0.657. The zero-order chi connectivity index (χ0) is 11.3. The highest BCUT2D eigenvalue weighted by atomic mass is 16.5. The number of carbonyl (C=O) groups excluding carboxylic acids is 1. The molecule has 88 valence electrons. The summed E-state index contributed by atoms with van der Waals surface area (Å²) in [6.07, 6.45) is 2.54. The average molecular weight is 214 g/mol. The Morgan fingerprint density at radius 1 is 1.53 bits per heavy atom. The van der Waals surface area contributed by atoms with Crippen LogP contribution in [0.2, 0.25) is 0 Å². The fraction of sp³-hybridized carbons (Fsp3) is 0.909. The normalized spacial score (nSPS) is 22.1. The minimum atomic E-state index is -0.0851. The van der Waals surface area contributed by atoms with E-state index in [-0.39, 0.29) is 17.4 Å². The molecule has 1 amide bonds. The maximum absolute atomic E-state index is 11.8. The van der Waals surface area contributed by atoms with Crippen molar-refractivity contribution >= 4 is 5.91 Å². The summed E-state index contributed by atoms with van der Waals surface area (Å²) in [5, 5.41) is 3.11. The number of hydrogen-bond acceptors (Lipinski definition) is 3. The van der Waals surface area contributed by atoms with E-state index in [2.05, 4.69) is 12.2 Å². The van der Waals surface area contributed by atoms with Gasteiger partial charge in [-0.3, -0.25) is 4.79 Å². The van der Waals surface area contributed by atoms with Crippen molar-refractivity contribution in [2.45, 2.75) is 38.6 Å². The Morgan fingerprint density at radius 2 is 2.13 bits per heavy atom. The van der Waals surface area contributed by atoms with Crippen LogP contribution in [-0.4, -0.2) is 31.2 Å². The highest BCUT2D eigenvalue weighted by Crippen LogP contribution is 2.20. The average Bonchev–Trinajstić information content (AvgIpc) is 2.18. The fourth-order valence-electron chi connectivity index (χ4n) is 1.75. The maximum Gasteiger partial charge on any atom is 0.223 e. The van der Waals surface area contributed by atoms with Crippen LogP contribution in [0.3, 0.4) is 0 Å². The van der Waals surface area contributed by atoms with Crippen LogP contribution >= 0.6 is 0 Å². The van der Waals surface area contributed by atoms with E-state index in [0.29, 0.717) is 6.54 Å². The molecule has 1 aliphatic rings. The van der Waals surface area contributed by atoms with E-state index in [1.807, 2.05) is 6.92 Å². The number of nitrogens with one attached hydrogen (secondary N) is 1. The first-order valence-electron chi connectivity index (χ1n) is 5.67. The van der Waals surface area contributed by atoms with Gasteiger partial charge in [0.15, 0.2) is 0 Å². The van der Waals surface area contributed by atoms with Crippen molar-refractivity contribution in [1.29, 1.82) is 0 Å². The molecule has 0 aromatic carbocycles. The molecule has 1 atom stereocenters. The van der Waals surface area contributed by atoms with Crippen molar-refractivity contribution < 1.29 is 9.53 Å². The molecular formula is C11H22N2O2. The molecule has 1 saturated heterocycles. The minimum Gasteiger partial charge on any atom is -0.381 e. The van der Waals surface area contributed by atoms with E-state index >= 15 is 0 Å². The van der Waals surface area contributed by atoms with Crippen molar-refractivity contribution in [3.05, 3.63) is 0 Å². The topological polar surface area (TPSA) is 64.4 Å². The molecule has 15 heavy (non-hydrogen) atoms. The Kier molecular flexibility index (Phi) is 4.54. The second-order valence-electron chi connectivity index (χ2n) is 4.64. The smallest absolute Gasteiger partial charge is 0.223 e. The number of rotatable bonds is 4. The van der Waals surface area contributed by atoms with E-state index < -0.39 is 0 Å². The number of nitrogens with two attached hydrogens (primary N) is 1. The Labute approximate surface area is 91.5 Å². The molecule has 0 aromatic rings. The van der Waals surface area contributed by atoms with Crippen molar-refractivity contribution in [1.82, 2.24) is 5.32 Å². The van der Waals surface area contributed by atoms with E-state index in [1.54, 1.807) is 0 Å². The molecule has 0 bridgehead atoms. The van der Waals surface area contributed by atoms with Crippen LogP contribution in [0.5, 0.6) is 0 Å². The van der Waals surface area contributed by atoms with Gasteiger partial charge in [0.25, 0.3) is 0 Å². The molecule has 0 spiro atoms. The molecular weight excluding hydrogens is 192 g/mol. The van der Waals surface area contributed by atoms with Crippen LogP contribution < -0.4 is 11.1 Å². The second-order valence-corrected chi connectivity index (χ2v) is 4.64. The number of amides is 1. The number of hydrogen-bond donors (Lipinski definition) is 2. The molecule has 4 heteroatoms. The van der Waals surface area contributed by atoms with Gasteiger partial charge in [0.1, 0.15) is 0 Å². The van der Waals surface area contributed by atoms with Gasteiger partial charge in [0.2, 0.25) is 5.91 Å². The Bertz CT molecular complexity index is 213. The van der Waals surface area contributed by atoms with E-state index in [9.17, 15) is 4.79 Å². The molecule has 1 aliphatic heterocycles. The molecule has 1 unspecified atom stereocenters. The third-order valence-electron chi connectivity index (χ3n) is 3.07. The molecule has 3 N–H and O–H groups in total. The lowest BCUT2D eigenvalue weighted by atomic mass is 9.91. The number of ether oxygens (including phenoxy) is 1. The van der Waals surface area contributed by atoms with Crippen LogP contribution in [0.1, 0.15) is 33.1 Å². The lowest BCUT2D eigenvalue weighted by Crippen LogP contribution is -2.51. The van der Waals surface area contributed by atoms with E-state index in [4.69, 9.17) is 10.5 Å². The molecule has 1 rings (SSSR count). The monoisotopic (exact) mass is 214 g/mol. The molecule has 0 saturated carbocycles. The standard InChI is InChI=1S/C11H22N2O2/c1-9(3-6-12)10(14)13-11(2)4-7-15-8-5-11/h9H,3-8,12H2,1-2H3,(H,13,14). The molecule has 0 radical (unpaired) electrons. The van der Waals surface area contributed by atoms with Gasteiger partial charge in [-0.05, 0) is 32.7 Å². The highest BCUT2D eigenvalue weighted by Gasteiger charge is 2.30. The summed E-state index contributed by atoms with van der Waals surface area (Å²) in [5.74, 6) is 0.125. The minimum absolute atomic E-state index is 0.00895. The largest absolute Gasteiger partial charge is 0.381 e. The first-order valence-corrected chi connectivity index (χ1v) is 5.67. The van der Waals surface area contributed by atoms with Gasteiger partial charge < -0.3 is 15.8 Å². The van der Waals surface area contributed by atoms with Crippen LogP contribution in [0.25, 0.3) is 0 Å². The molecule has 1 fully saturated rings. The molecule has 0 aromatic heterocycles. The quantitative estimate of drug-likeness (QED) is 0.722. The summed E-state index contributed by atoms with van der Waals surface area (Å²) >= 11 is 0. The first kappa shape index (κ1) is 12.5. The van der Waals surface area contributed by atoms with Crippen molar-refractivity contribution in [3.8, 4) is 0 Å². The third kappa shape index (κ3) is 3.80. The molecule has 4 nitrogen and oxygen atoms in total. The summed E-state index contributed by atoms with van der Waals surface area (Å²) in [7, 11) is 0. The maximum atomic E-state index is 11.8. The van der Waals surface area contributed by atoms with E-state index in [1.165, 1.54) is 0 Å². The van der Waals surface area contributed by atoms with Gasteiger partial charge in [0.05, 0.1) is 0 Å². The fourth-order valence-corrected chi connectivity index (χ4v) is 1.75. The van der Waals surface area contributed by atoms with Gasteiger partial charge >= 0.3 is 0 Å². The Morgan fingerprint density at radius 3 is 2.67 bits per heavy atom. The van der Waals surface area contributed by atoms with Crippen LogP contribution in [-0.2, 0) is 9.53 Å². The SMILES string of the molecule is CC(CCN)C(=O)NC1(C)CCOCC1. The molecule has 1 heterocycles. The first-order chi connectivity index (χ1) is 7.07. The number of carbonyl (C=O) groups is 1. The van der Waals surface area contributed by atoms with Gasteiger partial charge in [0, 0.05) is 24.7 Å². The van der Waals surface area contributed by atoms with Crippen molar-refractivity contribution in [2.24, 2.45) is 11.7 Å². The lowest BCUT2D eigenvalue weighted by Gasteiger charge is -2.35. The summed E-state index contributed by atoms with van der Waals surface area (Å²) in [6.45, 7) is 6.05. The van der Waals surface area contributed by atoms with Crippen LogP contribution in [0.4, 0.5) is 0 Å². The van der Waals surface area contributed by atoms with Crippen molar-refractivity contribution in [3.63, 3.8) is 0 Å². The predicted molar refractivity (Wildman–Crippen MR) is 59.4 cm³/mol. The van der Waals surface area contributed by atoms with Gasteiger partial charge in [-0.15, -0.1) is 0 Å². The zero-order valence-electron chi connectivity index (χ0n) is 9.71. The summed E-state index contributed by atoms with van der Waals surface area (Å²) < 4.78 is 5.28. The Hall–Kier alpha value is -0.610. The van der Waals surface area contributed by atoms with Crippen LogP contribution in [0, 0.1) is 5.92 Å². The lowest BCUT2D eigenvalue weighted by molar-refractivity contribution is -0.127. The van der Waals surface area contributed by atoms with Gasteiger partial charge in [-0.2, -0.15) is 0 Å². The molecule has 0 aliphatic carbocycles.